The fourth-order valence-electron chi connectivity index (χ4n) is 4.24. The Bertz CT molecular complexity index is 1270. The fraction of sp³-hybridized carbons (Fsp3) is 0.208. The number of aromatic nitrogens is 1. The molecule has 2 aliphatic heterocycles. The molecule has 2 N–H and O–H groups in total. The van der Waals surface area contributed by atoms with E-state index in [0.29, 0.717) is 35.0 Å². The highest BCUT2D eigenvalue weighted by molar-refractivity contribution is 6.10. The van der Waals surface area contributed by atoms with E-state index < -0.39 is 5.54 Å². The summed E-state index contributed by atoms with van der Waals surface area (Å²) >= 11 is 0. The van der Waals surface area contributed by atoms with E-state index in [1.54, 1.807) is 51.9 Å². The zero-order valence-electron chi connectivity index (χ0n) is 18.0. The maximum atomic E-state index is 13.6. The molecule has 8 nitrogen and oxygen atoms in total. The van der Waals surface area contributed by atoms with E-state index in [0.717, 1.165) is 16.7 Å². The molecule has 8 heteroatoms. The summed E-state index contributed by atoms with van der Waals surface area (Å²) in [5.41, 5.74) is 8.68. The van der Waals surface area contributed by atoms with Crippen LogP contribution in [0.4, 0.5) is 0 Å². The van der Waals surface area contributed by atoms with Crippen molar-refractivity contribution in [2.45, 2.75) is 12.1 Å². The van der Waals surface area contributed by atoms with Gasteiger partial charge in [-0.3, -0.25) is 14.7 Å². The zero-order chi connectivity index (χ0) is 22.5. The second kappa shape index (κ2) is 7.35. The Labute approximate surface area is 185 Å². The molecule has 0 saturated heterocycles. The molecule has 1 spiro atoms. The second-order valence-corrected chi connectivity index (χ2v) is 7.73. The molecular formula is C24H22N4O4. The van der Waals surface area contributed by atoms with Crippen molar-refractivity contribution < 1.29 is 19.0 Å². The minimum absolute atomic E-state index is 0.144. The van der Waals surface area contributed by atoms with Gasteiger partial charge in [0.2, 0.25) is 5.54 Å². The fourth-order valence-corrected chi connectivity index (χ4v) is 4.24. The van der Waals surface area contributed by atoms with Gasteiger partial charge in [0.15, 0.2) is 5.96 Å². The Balaban J connectivity index is 1.74. The Hall–Kier alpha value is -3.91. The van der Waals surface area contributed by atoms with Crippen molar-refractivity contribution in [1.82, 2.24) is 9.88 Å². The second-order valence-electron chi connectivity index (χ2n) is 7.73. The van der Waals surface area contributed by atoms with Crippen LogP contribution in [-0.4, -0.2) is 43.0 Å². The number of likely N-dealkylation sites (N-methyl/N-ethyl adjacent to an activating group) is 1. The van der Waals surface area contributed by atoms with Gasteiger partial charge in [0, 0.05) is 43.2 Å². The highest BCUT2D eigenvalue weighted by Crippen LogP contribution is 2.53. The lowest BCUT2D eigenvalue weighted by Crippen LogP contribution is -2.42. The standard InChI is InChI=1S/C24H22N4O4/c1-28-22(29)24(27-23(28)25)18-9-15(16-8-14(13-30-2)11-26-12-16)4-6-20(18)32-21-7-5-17(31-3)10-19(21)24/h4-12H,13H2,1-3H3,(H2,25,27). The summed E-state index contributed by atoms with van der Waals surface area (Å²) in [6.07, 6.45) is 3.54. The number of methoxy groups -OCH3 is 2. The average molecular weight is 430 g/mol. The molecule has 3 heterocycles. The molecule has 0 aliphatic carbocycles. The molecule has 2 aliphatic rings. The number of hydrogen-bond acceptors (Lipinski definition) is 7. The van der Waals surface area contributed by atoms with E-state index in [4.69, 9.17) is 19.9 Å². The molecule has 0 saturated carbocycles. The number of aliphatic imine (C=N–C) groups is 1. The lowest BCUT2D eigenvalue weighted by molar-refractivity contribution is -0.129. The van der Waals surface area contributed by atoms with Crippen LogP contribution < -0.4 is 15.2 Å². The summed E-state index contributed by atoms with van der Waals surface area (Å²) in [4.78, 5) is 24.0. The van der Waals surface area contributed by atoms with Crippen LogP contribution in [0.25, 0.3) is 11.1 Å². The Morgan fingerprint density at radius 1 is 1.03 bits per heavy atom. The maximum Gasteiger partial charge on any atom is 0.266 e. The smallest absolute Gasteiger partial charge is 0.266 e. The number of nitrogens with zero attached hydrogens (tertiary/aromatic N) is 3. The van der Waals surface area contributed by atoms with Crippen LogP contribution in [0.5, 0.6) is 17.2 Å². The van der Waals surface area contributed by atoms with E-state index in [1.165, 1.54) is 4.90 Å². The minimum atomic E-state index is -1.36. The van der Waals surface area contributed by atoms with Crippen LogP contribution in [0.2, 0.25) is 0 Å². The van der Waals surface area contributed by atoms with E-state index >= 15 is 0 Å². The lowest BCUT2D eigenvalue weighted by Gasteiger charge is -2.34. The van der Waals surface area contributed by atoms with Crippen LogP contribution in [0, 0.1) is 0 Å². The summed E-state index contributed by atoms with van der Waals surface area (Å²) in [5, 5.41) is 0. The Morgan fingerprint density at radius 2 is 1.78 bits per heavy atom. The van der Waals surface area contributed by atoms with Crippen molar-refractivity contribution in [3.63, 3.8) is 0 Å². The number of amides is 1. The SMILES string of the molecule is COCc1cncc(-c2ccc3c(c2)C2(N=C(N)N(C)C2=O)c2cc(OC)ccc2O3)c1. The third-order valence-electron chi connectivity index (χ3n) is 5.85. The number of nitrogens with two attached hydrogens (primary N) is 1. The Morgan fingerprint density at radius 3 is 2.47 bits per heavy atom. The molecular weight excluding hydrogens is 408 g/mol. The van der Waals surface area contributed by atoms with Crippen molar-refractivity contribution in [2.24, 2.45) is 10.7 Å². The Kier molecular flexibility index (Phi) is 4.60. The van der Waals surface area contributed by atoms with Gasteiger partial charge in [-0.1, -0.05) is 6.07 Å². The van der Waals surface area contributed by atoms with Gasteiger partial charge in [-0.2, -0.15) is 0 Å². The number of guanidine groups is 1. The zero-order valence-corrected chi connectivity index (χ0v) is 18.0. The first-order chi connectivity index (χ1) is 15.5. The van der Waals surface area contributed by atoms with Crippen molar-refractivity contribution >= 4 is 11.9 Å². The van der Waals surface area contributed by atoms with Gasteiger partial charge in [-0.15, -0.1) is 0 Å². The molecule has 0 fully saturated rings. The van der Waals surface area contributed by atoms with Crippen molar-refractivity contribution in [3.8, 4) is 28.4 Å². The van der Waals surface area contributed by atoms with E-state index in [-0.39, 0.29) is 11.9 Å². The van der Waals surface area contributed by atoms with Crippen LogP contribution in [0.15, 0.2) is 59.9 Å². The number of fused-ring (bicyclic) bond motifs is 4. The number of carbonyl (C=O) groups excluding carboxylic acids is 1. The molecule has 1 unspecified atom stereocenters. The first-order valence-electron chi connectivity index (χ1n) is 10.1. The van der Waals surface area contributed by atoms with Gasteiger partial charge in [-0.05, 0) is 47.5 Å². The molecule has 1 atom stereocenters. The molecule has 162 valence electrons. The molecule has 1 aromatic heterocycles. The lowest BCUT2D eigenvalue weighted by atomic mass is 9.79. The van der Waals surface area contributed by atoms with Crippen molar-refractivity contribution in [1.29, 1.82) is 0 Å². The number of rotatable bonds is 4. The predicted molar refractivity (Wildman–Crippen MR) is 119 cm³/mol. The third kappa shape index (κ3) is 2.84. The highest BCUT2D eigenvalue weighted by atomic mass is 16.5. The van der Waals surface area contributed by atoms with E-state index in [9.17, 15) is 4.79 Å². The summed E-state index contributed by atoms with van der Waals surface area (Å²) in [6.45, 7) is 0.454. The number of ether oxygens (including phenoxy) is 3. The molecule has 0 bridgehead atoms. The van der Waals surface area contributed by atoms with Gasteiger partial charge >= 0.3 is 0 Å². The number of benzene rings is 2. The summed E-state index contributed by atoms with van der Waals surface area (Å²) in [5.74, 6) is 1.57. The van der Waals surface area contributed by atoms with Gasteiger partial charge in [0.05, 0.1) is 13.7 Å². The summed E-state index contributed by atoms with van der Waals surface area (Å²) in [7, 11) is 4.83. The molecule has 2 aromatic carbocycles. The number of pyridine rings is 1. The quantitative estimate of drug-likeness (QED) is 0.683. The topological polar surface area (TPSA) is 99.3 Å². The van der Waals surface area contributed by atoms with Crippen molar-refractivity contribution in [2.75, 3.05) is 21.3 Å². The first kappa shape index (κ1) is 20.0. The number of carbonyl (C=O) groups is 1. The van der Waals surface area contributed by atoms with Crippen LogP contribution in [0.3, 0.4) is 0 Å². The van der Waals surface area contributed by atoms with Crippen LogP contribution in [-0.2, 0) is 21.7 Å². The van der Waals surface area contributed by atoms with Crippen LogP contribution in [0.1, 0.15) is 16.7 Å². The van der Waals surface area contributed by atoms with Gasteiger partial charge in [0.1, 0.15) is 17.2 Å². The molecule has 32 heavy (non-hydrogen) atoms. The van der Waals surface area contributed by atoms with Crippen molar-refractivity contribution in [3.05, 3.63) is 71.5 Å². The monoisotopic (exact) mass is 430 g/mol. The third-order valence-corrected chi connectivity index (χ3v) is 5.85. The largest absolute Gasteiger partial charge is 0.497 e. The van der Waals surface area contributed by atoms with Crippen LogP contribution >= 0.6 is 0 Å². The average Bonchev–Trinajstić information content (AvgIpc) is 3.04. The minimum Gasteiger partial charge on any atom is -0.497 e. The van der Waals surface area contributed by atoms with E-state index in [2.05, 4.69) is 9.98 Å². The van der Waals surface area contributed by atoms with Gasteiger partial charge < -0.3 is 19.9 Å². The normalized spacial score (nSPS) is 18.8. The molecule has 0 radical (unpaired) electrons. The molecule has 5 rings (SSSR count). The first-order valence-corrected chi connectivity index (χ1v) is 10.1. The van der Waals surface area contributed by atoms with Gasteiger partial charge in [-0.25, -0.2) is 4.99 Å². The number of hydrogen-bond donors (Lipinski definition) is 1. The molecule has 3 aromatic rings. The summed E-state index contributed by atoms with van der Waals surface area (Å²) < 4.78 is 16.8. The molecule has 1 amide bonds. The maximum absolute atomic E-state index is 13.6. The van der Waals surface area contributed by atoms with E-state index in [1.807, 2.05) is 24.3 Å². The predicted octanol–water partition coefficient (Wildman–Crippen LogP) is 3.04. The van der Waals surface area contributed by atoms with Gasteiger partial charge in [0.25, 0.3) is 5.91 Å². The summed E-state index contributed by atoms with van der Waals surface area (Å²) in [6, 6.07) is 13.0. The highest BCUT2D eigenvalue weighted by Gasteiger charge is 2.54.